The lowest BCUT2D eigenvalue weighted by Crippen LogP contribution is -2.31. The van der Waals surface area contributed by atoms with E-state index in [1.54, 1.807) is 0 Å². The van der Waals surface area contributed by atoms with Crippen LogP contribution in [0.25, 0.3) is 0 Å². The molecule has 2 aliphatic heterocycles. The van der Waals surface area contributed by atoms with Crippen molar-refractivity contribution in [3.05, 3.63) is 63.7 Å². The van der Waals surface area contributed by atoms with Crippen LogP contribution in [0.1, 0.15) is 52.7 Å². The van der Waals surface area contributed by atoms with Crippen LogP contribution in [0.5, 0.6) is 0 Å². The first-order valence-corrected chi connectivity index (χ1v) is 11.3. The van der Waals surface area contributed by atoms with Crippen molar-refractivity contribution in [1.29, 1.82) is 0 Å². The highest BCUT2D eigenvalue weighted by atomic mass is 35.5. The van der Waals surface area contributed by atoms with E-state index in [1.807, 2.05) is 35.2 Å². The summed E-state index contributed by atoms with van der Waals surface area (Å²) in [5, 5.41) is 0.828. The van der Waals surface area contributed by atoms with Crippen LogP contribution in [0.15, 0.2) is 36.4 Å². The highest BCUT2D eigenvalue weighted by Crippen LogP contribution is 2.37. The van der Waals surface area contributed by atoms with E-state index in [1.165, 1.54) is 11.1 Å². The van der Waals surface area contributed by atoms with Gasteiger partial charge in [0.25, 0.3) is 0 Å². The molecule has 0 atom stereocenters. The molecule has 31 heavy (non-hydrogen) atoms. The monoisotopic (exact) mass is 460 g/mol. The van der Waals surface area contributed by atoms with Crippen LogP contribution in [-0.4, -0.2) is 43.3 Å². The first-order valence-electron chi connectivity index (χ1n) is 10.9. The van der Waals surface area contributed by atoms with Crippen LogP contribution in [0.2, 0.25) is 5.02 Å². The topological polar surface area (TPSA) is 40.6 Å². The minimum absolute atomic E-state index is 0. The smallest absolute Gasteiger partial charge is 0.231 e. The Morgan fingerprint density at radius 1 is 1.13 bits per heavy atom. The molecule has 4 nitrogen and oxygen atoms in total. The Morgan fingerprint density at radius 2 is 1.90 bits per heavy atom. The van der Waals surface area contributed by atoms with E-state index >= 15 is 0 Å². The molecular formula is C25H30Cl2N2O2. The van der Waals surface area contributed by atoms with Gasteiger partial charge in [-0.1, -0.05) is 29.8 Å². The molecule has 4 rings (SSSR count). The number of unbranched alkanes of at least 4 members (excludes halogenated alkanes) is 1. The molecule has 0 aliphatic carbocycles. The van der Waals surface area contributed by atoms with Crippen molar-refractivity contribution in [1.82, 2.24) is 4.90 Å². The molecule has 1 amide bonds. The summed E-state index contributed by atoms with van der Waals surface area (Å²) in [4.78, 5) is 29.2. The van der Waals surface area contributed by atoms with Gasteiger partial charge in [0.1, 0.15) is 0 Å². The molecule has 0 fully saturated rings. The Kier molecular flexibility index (Phi) is 8.15. The summed E-state index contributed by atoms with van der Waals surface area (Å²) in [7, 11) is 2.12. The van der Waals surface area contributed by atoms with Gasteiger partial charge in [0.05, 0.1) is 12.1 Å². The Balaban J connectivity index is 0.00000272. The average molecular weight is 461 g/mol. The molecule has 0 saturated carbocycles. The van der Waals surface area contributed by atoms with Gasteiger partial charge < -0.3 is 9.80 Å². The quantitative estimate of drug-likeness (QED) is 0.384. The summed E-state index contributed by atoms with van der Waals surface area (Å²) in [6.07, 6.45) is 5.76. The predicted molar refractivity (Wildman–Crippen MR) is 129 cm³/mol. The van der Waals surface area contributed by atoms with Crippen LogP contribution in [-0.2, 0) is 24.1 Å². The Morgan fingerprint density at radius 3 is 2.71 bits per heavy atom. The molecule has 2 heterocycles. The first-order chi connectivity index (χ1) is 14.5. The highest BCUT2D eigenvalue weighted by molar-refractivity contribution is 6.31. The summed E-state index contributed by atoms with van der Waals surface area (Å²) in [6, 6.07) is 12.0. The largest absolute Gasteiger partial charge is 0.312 e. The molecule has 2 aromatic carbocycles. The number of likely N-dealkylation sites (N-methyl/N-ethyl adjacent to an activating group) is 1. The van der Waals surface area contributed by atoms with Crippen molar-refractivity contribution in [2.24, 2.45) is 0 Å². The van der Waals surface area contributed by atoms with E-state index in [0.717, 1.165) is 73.6 Å². The molecule has 2 aromatic rings. The maximum atomic E-state index is 12.8. The van der Waals surface area contributed by atoms with Crippen LogP contribution in [0, 0.1) is 0 Å². The van der Waals surface area contributed by atoms with E-state index in [0.29, 0.717) is 12.8 Å². The Hall–Kier alpha value is -1.88. The molecule has 6 heteroatoms. The lowest BCUT2D eigenvalue weighted by atomic mass is 9.94. The number of carbonyl (C=O) groups excluding carboxylic acids is 2. The van der Waals surface area contributed by atoms with Gasteiger partial charge in [-0.15, -0.1) is 12.4 Å². The van der Waals surface area contributed by atoms with Crippen LogP contribution in [0.3, 0.4) is 0 Å². The predicted octanol–water partition coefficient (Wildman–Crippen LogP) is 5.12. The fourth-order valence-corrected chi connectivity index (χ4v) is 4.81. The van der Waals surface area contributed by atoms with Crippen molar-refractivity contribution in [2.75, 3.05) is 31.6 Å². The number of ketones is 1. The number of carbonyl (C=O) groups is 2. The number of anilines is 1. The molecule has 0 saturated heterocycles. The Bertz CT molecular complexity index is 961. The number of halogens is 2. The maximum Gasteiger partial charge on any atom is 0.231 e. The lowest BCUT2D eigenvalue weighted by Gasteiger charge is -2.25. The number of hydrogen-bond donors (Lipinski definition) is 0. The van der Waals surface area contributed by atoms with Gasteiger partial charge in [0.2, 0.25) is 5.91 Å². The van der Waals surface area contributed by atoms with E-state index in [-0.39, 0.29) is 24.1 Å². The molecule has 0 bridgehead atoms. The van der Waals surface area contributed by atoms with Crippen LogP contribution in [0.4, 0.5) is 5.69 Å². The summed E-state index contributed by atoms with van der Waals surface area (Å²) < 4.78 is 0. The van der Waals surface area contributed by atoms with Gasteiger partial charge in [-0.25, -0.2) is 0 Å². The fraction of sp³-hybridized carbons (Fsp3) is 0.440. The summed E-state index contributed by atoms with van der Waals surface area (Å²) >= 11 is 6.23. The van der Waals surface area contributed by atoms with Gasteiger partial charge in [0.15, 0.2) is 5.78 Å². The molecule has 0 N–H and O–H groups in total. The second kappa shape index (κ2) is 10.6. The van der Waals surface area contributed by atoms with Gasteiger partial charge >= 0.3 is 0 Å². The average Bonchev–Trinajstić information content (AvgIpc) is 3.07. The van der Waals surface area contributed by atoms with Crippen LogP contribution < -0.4 is 4.90 Å². The van der Waals surface area contributed by atoms with Gasteiger partial charge in [0, 0.05) is 30.1 Å². The lowest BCUT2D eigenvalue weighted by molar-refractivity contribution is -0.117. The van der Waals surface area contributed by atoms with Crippen molar-refractivity contribution >= 4 is 41.4 Å². The first kappa shape index (κ1) is 23.8. The fourth-order valence-electron chi connectivity index (χ4n) is 4.58. The molecule has 0 aromatic heterocycles. The van der Waals surface area contributed by atoms with E-state index < -0.39 is 0 Å². The van der Waals surface area contributed by atoms with Crippen molar-refractivity contribution < 1.29 is 9.59 Å². The summed E-state index contributed by atoms with van der Waals surface area (Å²) in [5.41, 5.74) is 5.27. The standard InChI is InChI=1S/C25H29ClN2O2.ClH/c1-27(14-11-18-7-2-3-9-22(18)26)12-5-4-10-23(29)20-15-19-8-6-13-28-24(30)17-21(16-20)25(19)28;/h2-3,7,9,15-16H,4-6,8,10-14,17H2,1H3;1H. The molecule has 2 aliphatic rings. The number of nitrogens with zero attached hydrogens (tertiary/aromatic N) is 2. The number of rotatable bonds is 9. The zero-order valence-electron chi connectivity index (χ0n) is 18.0. The second-order valence-corrected chi connectivity index (χ2v) is 8.90. The third-order valence-corrected chi connectivity index (χ3v) is 6.61. The summed E-state index contributed by atoms with van der Waals surface area (Å²) in [5.74, 6) is 0.375. The third kappa shape index (κ3) is 5.49. The maximum absolute atomic E-state index is 12.8. The number of amides is 1. The van der Waals surface area contributed by atoms with Crippen LogP contribution >= 0.6 is 24.0 Å². The van der Waals surface area contributed by atoms with Gasteiger partial charge in [-0.3, -0.25) is 9.59 Å². The van der Waals surface area contributed by atoms with Crippen molar-refractivity contribution in [3.63, 3.8) is 0 Å². The van der Waals surface area contributed by atoms with Gasteiger partial charge in [-0.05, 0) is 80.6 Å². The minimum atomic E-state index is 0. The zero-order valence-corrected chi connectivity index (χ0v) is 19.6. The number of Topliss-reactive ketones (excluding diaryl/α,β-unsaturated/α-hetero) is 1. The van der Waals surface area contributed by atoms with E-state index in [2.05, 4.69) is 18.0 Å². The highest BCUT2D eigenvalue weighted by Gasteiger charge is 2.32. The molecule has 0 unspecified atom stereocenters. The minimum Gasteiger partial charge on any atom is -0.312 e. The number of benzene rings is 2. The molecule has 0 spiro atoms. The number of aryl methyl sites for hydroxylation is 1. The SMILES string of the molecule is CN(CCCCC(=O)c1cc2c3c(c1)CC(=O)N3CCC2)CCc1ccccc1Cl.Cl. The summed E-state index contributed by atoms with van der Waals surface area (Å²) in [6.45, 7) is 2.74. The Labute approximate surface area is 196 Å². The molecular weight excluding hydrogens is 431 g/mol. The molecule has 166 valence electrons. The van der Waals surface area contributed by atoms with Crippen molar-refractivity contribution in [2.45, 2.75) is 44.9 Å². The normalized spacial score (nSPS) is 14.5. The van der Waals surface area contributed by atoms with E-state index in [9.17, 15) is 9.59 Å². The van der Waals surface area contributed by atoms with Crippen molar-refractivity contribution in [3.8, 4) is 0 Å². The van der Waals surface area contributed by atoms with E-state index in [4.69, 9.17) is 11.6 Å². The van der Waals surface area contributed by atoms with Gasteiger partial charge in [-0.2, -0.15) is 0 Å². The molecule has 0 radical (unpaired) electrons. The second-order valence-electron chi connectivity index (χ2n) is 8.49. The number of hydrogen-bond acceptors (Lipinski definition) is 3. The zero-order chi connectivity index (χ0) is 21.1. The third-order valence-electron chi connectivity index (χ3n) is 6.24.